The third-order valence-electron chi connectivity index (χ3n) is 1.23. The van der Waals surface area contributed by atoms with E-state index in [9.17, 15) is 4.79 Å². The fourth-order valence-corrected chi connectivity index (χ4v) is 0.523. The molecule has 0 aromatic carbocycles. The number of rotatable bonds is 5. The second-order valence-electron chi connectivity index (χ2n) is 2.57. The maximum Gasteiger partial charge on any atom is 0.327 e. The fraction of sp³-hybridized carbons (Fsp3) is 0.667. The van der Waals surface area contributed by atoms with Gasteiger partial charge in [-0.15, -0.1) is 0 Å². The maximum absolute atomic E-state index is 9.25. The molecular formula is C9H16O4. The smallest absolute Gasteiger partial charge is 0.327 e. The Labute approximate surface area is 78.2 Å². The number of hydrogen-bond acceptors (Lipinski definition) is 3. The summed E-state index contributed by atoms with van der Waals surface area (Å²) in [7, 11) is 0. The van der Waals surface area contributed by atoms with Crippen LogP contribution in [0.25, 0.3) is 0 Å². The molecule has 0 aromatic heterocycles. The van der Waals surface area contributed by atoms with E-state index in [-0.39, 0.29) is 0 Å². The molecule has 0 aromatic rings. The van der Waals surface area contributed by atoms with Crippen LogP contribution < -0.4 is 0 Å². The van der Waals surface area contributed by atoms with E-state index in [0.29, 0.717) is 6.10 Å². The molecule has 1 aliphatic rings. The number of carbonyl (C=O) groups is 1. The Balaban J connectivity index is 0.000000252. The molecule has 1 heterocycles. The van der Waals surface area contributed by atoms with E-state index in [0.717, 1.165) is 32.3 Å². The molecule has 4 heteroatoms. The zero-order valence-electron chi connectivity index (χ0n) is 7.86. The van der Waals surface area contributed by atoms with Crippen LogP contribution in [0.4, 0.5) is 0 Å². The molecular weight excluding hydrogens is 172 g/mol. The van der Waals surface area contributed by atoms with Crippen LogP contribution in [0.1, 0.15) is 13.3 Å². The first-order valence-electron chi connectivity index (χ1n) is 4.25. The number of carboxylic acid groups (broad SMARTS) is 1. The van der Waals surface area contributed by atoms with Crippen LogP contribution >= 0.6 is 0 Å². The third kappa shape index (κ3) is 11.1. The van der Waals surface area contributed by atoms with Crippen LogP contribution in [0.5, 0.6) is 0 Å². The molecule has 1 aliphatic heterocycles. The average Bonchev–Trinajstić information content (AvgIpc) is 2.90. The van der Waals surface area contributed by atoms with Gasteiger partial charge in [-0.1, -0.05) is 13.5 Å². The number of ether oxygens (including phenoxy) is 2. The van der Waals surface area contributed by atoms with Crippen LogP contribution in [-0.2, 0) is 14.3 Å². The van der Waals surface area contributed by atoms with Crippen LogP contribution in [-0.4, -0.2) is 37.0 Å². The van der Waals surface area contributed by atoms with Crippen LogP contribution in [0.2, 0.25) is 0 Å². The van der Waals surface area contributed by atoms with E-state index in [1.165, 1.54) is 0 Å². The Morgan fingerprint density at radius 2 is 2.38 bits per heavy atom. The van der Waals surface area contributed by atoms with Crippen molar-refractivity contribution in [2.24, 2.45) is 0 Å². The van der Waals surface area contributed by atoms with Crippen molar-refractivity contribution in [3.63, 3.8) is 0 Å². The van der Waals surface area contributed by atoms with Crippen molar-refractivity contribution >= 4 is 5.97 Å². The summed E-state index contributed by atoms with van der Waals surface area (Å²) in [4.78, 5) is 9.25. The Bertz CT molecular complexity index is 152. The summed E-state index contributed by atoms with van der Waals surface area (Å²) in [6.45, 7) is 7.65. The molecule has 1 rings (SSSR count). The van der Waals surface area contributed by atoms with Gasteiger partial charge in [-0.25, -0.2) is 4.79 Å². The number of epoxide rings is 1. The van der Waals surface area contributed by atoms with Crippen LogP contribution in [0.3, 0.4) is 0 Å². The van der Waals surface area contributed by atoms with Crippen molar-refractivity contribution < 1.29 is 19.4 Å². The summed E-state index contributed by atoms with van der Waals surface area (Å²) >= 11 is 0. The van der Waals surface area contributed by atoms with Crippen molar-refractivity contribution in [2.45, 2.75) is 19.4 Å². The van der Waals surface area contributed by atoms with Gasteiger partial charge in [-0.05, 0) is 6.42 Å². The minimum atomic E-state index is -0.981. The standard InChI is InChI=1S/C6H12O2.C3H4O2/c1-2-3-7-4-6-5-8-6;1-2-3(4)5/h6H,2-5H2,1H3;2H,1H2,(H,4,5). The van der Waals surface area contributed by atoms with E-state index < -0.39 is 5.97 Å². The first kappa shape index (κ1) is 12.1. The minimum Gasteiger partial charge on any atom is -0.478 e. The molecule has 1 atom stereocenters. The number of aliphatic carboxylic acids is 1. The highest BCUT2D eigenvalue weighted by molar-refractivity contribution is 5.78. The van der Waals surface area contributed by atoms with Gasteiger partial charge in [0.1, 0.15) is 6.10 Å². The second-order valence-corrected chi connectivity index (χ2v) is 2.57. The monoisotopic (exact) mass is 188 g/mol. The molecule has 0 bridgehead atoms. The van der Waals surface area contributed by atoms with E-state index in [1.54, 1.807) is 0 Å². The summed E-state index contributed by atoms with van der Waals surface area (Å²) < 4.78 is 10.1. The highest BCUT2D eigenvalue weighted by Gasteiger charge is 2.21. The molecule has 0 aliphatic carbocycles. The number of carboxylic acids is 1. The van der Waals surface area contributed by atoms with Gasteiger partial charge in [0, 0.05) is 12.7 Å². The zero-order chi connectivity index (χ0) is 10.1. The van der Waals surface area contributed by atoms with Gasteiger partial charge in [0.15, 0.2) is 0 Å². The molecule has 13 heavy (non-hydrogen) atoms. The molecule has 0 saturated carbocycles. The van der Waals surface area contributed by atoms with Crippen LogP contribution in [0.15, 0.2) is 12.7 Å². The lowest BCUT2D eigenvalue weighted by molar-refractivity contribution is -0.131. The zero-order valence-corrected chi connectivity index (χ0v) is 7.86. The van der Waals surface area contributed by atoms with Crippen LogP contribution in [0, 0.1) is 0 Å². The van der Waals surface area contributed by atoms with Crippen molar-refractivity contribution in [2.75, 3.05) is 19.8 Å². The SMILES string of the molecule is C=CC(=O)O.CCCOCC1CO1. The van der Waals surface area contributed by atoms with E-state index in [1.807, 2.05) is 0 Å². The lowest BCUT2D eigenvalue weighted by atomic mass is 10.5. The Morgan fingerprint density at radius 3 is 2.69 bits per heavy atom. The van der Waals surface area contributed by atoms with Gasteiger partial charge in [-0.2, -0.15) is 0 Å². The first-order valence-corrected chi connectivity index (χ1v) is 4.25. The largest absolute Gasteiger partial charge is 0.478 e. The van der Waals surface area contributed by atoms with Gasteiger partial charge in [-0.3, -0.25) is 0 Å². The molecule has 1 fully saturated rings. The highest BCUT2D eigenvalue weighted by atomic mass is 16.6. The highest BCUT2D eigenvalue weighted by Crippen LogP contribution is 2.08. The predicted molar refractivity (Wildman–Crippen MR) is 48.7 cm³/mol. The quantitative estimate of drug-likeness (QED) is 0.398. The van der Waals surface area contributed by atoms with E-state index >= 15 is 0 Å². The molecule has 0 amide bonds. The normalized spacial score (nSPS) is 18.4. The van der Waals surface area contributed by atoms with Gasteiger partial charge >= 0.3 is 5.97 Å². The topological polar surface area (TPSA) is 59.1 Å². The van der Waals surface area contributed by atoms with Crippen molar-refractivity contribution in [1.82, 2.24) is 0 Å². The summed E-state index contributed by atoms with van der Waals surface area (Å²) in [6, 6.07) is 0. The second kappa shape index (κ2) is 7.76. The molecule has 1 unspecified atom stereocenters. The minimum absolute atomic E-state index is 0.432. The van der Waals surface area contributed by atoms with Crippen molar-refractivity contribution in [1.29, 1.82) is 0 Å². The molecule has 1 saturated heterocycles. The lowest BCUT2D eigenvalue weighted by Gasteiger charge is -1.95. The molecule has 4 nitrogen and oxygen atoms in total. The summed E-state index contributed by atoms with van der Waals surface area (Å²) in [6.07, 6.45) is 2.37. The van der Waals surface area contributed by atoms with Gasteiger partial charge < -0.3 is 14.6 Å². The Kier molecular flexibility index (Phi) is 7.24. The van der Waals surface area contributed by atoms with Gasteiger partial charge in [0.2, 0.25) is 0 Å². The van der Waals surface area contributed by atoms with Crippen molar-refractivity contribution in [3.05, 3.63) is 12.7 Å². The predicted octanol–water partition coefficient (Wildman–Crippen LogP) is 1.07. The number of hydrogen-bond donors (Lipinski definition) is 1. The fourth-order valence-electron chi connectivity index (χ4n) is 0.523. The summed E-state index contributed by atoms with van der Waals surface area (Å²) in [5, 5.41) is 7.60. The molecule has 0 spiro atoms. The van der Waals surface area contributed by atoms with Gasteiger partial charge in [0.25, 0.3) is 0 Å². The van der Waals surface area contributed by atoms with E-state index in [2.05, 4.69) is 13.5 Å². The first-order chi connectivity index (χ1) is 6.20. The lowest BCUT2D eigenvalue weighted by Crippen LogP contribution is -2.01. The van der Waals surface area contributed by atoms with E-state index in [4.69, 9.17) is 14.6 Å². The van der Waals surface area contributed by atoms with Gasteiger partial charge in [0.05, 0.1) is 13.2 Å². The summed E-state index contributed by atoms with van der Waals surface area (Å²) in [5.41, 5.74) is 0. The Morgan fingerprint density at radius 1 is 1.85 bits per heavy atom. The Hall–Kier alpha value is -0.870. The maximum atomic E-state index is 9.25. The third-order valence-corrected chi connectivity index (χ3v) is 1.23. The average molecular weight is 188 g/mol. The molecule has 76 valence electrons. The summed E-state index contributed by atoms with van der Waals surface area (Å²) in [5.74, 6) is -0.981. The molecule has 0 radical (unpaired) electrons. The van der Waals surface area contributed by atoms with Crippen molar-refractivity contribution in [3.8, 4) is 0 Å². The molecule has 1 N–H and O–H groups in total.